The van der Waals surface area contributed by atoms with Crippen molar-refractivity contribution in [1.82, 2.24) is 19.7 Å². The number of hydrogen-bond donors (Lipinski definition) is 1. The van der Waals surface area contributed by atoms with E-state index in [1.807, 2.05) is 23.9 Å². The van der Waals surface area contributed by atoms with Crippen LogP contribution in [0.5, 0.6) is 0 Å². The van der Waals surface area contributed by atoms with E-state index in [0.717, 1.165) is 41.7 Å². The van der Waals surface area contributed by atoms with E-state index in [-0.39, 0.29) is 0 Å². The average Bonchev–Trinajstić information content (AvgIpc) is 2.91. The van der Waals surface area contributed by atoms with Crippen LogP contribution in [0.3, 0.4) is 0 Å². The van der Waals surface area contributed by atoms with Gasteiger partial charge < -0.3 is 5.32 Å². The van der Waals surface area contributed by atoms with Gasteiger partial charge in [-0.2, -0.15) is 5.10 Å². The molecule has 2 rings (SSSR count). The average molecular weight is 273 g/mol. The third-order valence-corrected chi connectivity index (χ3v) is 3.25. The maximum absolute atomic E-state index is 4.63. The van der Waals surface area contributed by atoms with Gasteiger partial charge in [0.1, 0.15) is 11.6 Å². The molecule has 0 saturated heterocycles. The first-order chi connectivity index (χ1) is 9.56. The Morgan fingerprint density at radius 2 is 2.00 bits per heavy atom. The quantitative estimate of drug-likeness (QED) is 0.909. The first-order valence-electron chi connectivity index (χ1n) is 7.24. The standard InChI is InChI=1S/C15H23N5/c1-6-13-17-14(16-7-2)11(5)15(18-13)20-9-8-12(19-20)10(3)4/h8-10H,6-7H2,1-5H3,(H,16,17,18). The fourth-order valence-electron chi connectivity index (χ4n) is 2.03. The molecule has 0 aliphatic heterocycles. The first kappa shape index (κ1) is 14.5. The molecular weight excluding hydrogens is 250 g/mol. The molecule has 5 heteroatoms. The lowest BCUT2D eigenvalue weighted by Gasteiger charge is -2.12. The molecule has 0 spiro atoms. The third kappa shape index (κ3) is 2.81. The van der Waals surface area contributed by atoms with Crippen LogP contribution in [0.1, 0.15) is 50.7 Å². The van der Waals surface area contributed by atoms with Crippen molar-refractivity contribution in [2.45, 2.75) is 47.0 Å². The maximum Gasteiger partial charge on any atom is 0.162 e. The minimum absolute atomic E-state index is 0.414. The summed E-state index contributed by atoms with van der Waals surface area (Å²) in [6.07, 6.45) is 2.78. The SMILES string of the molecule is CCNc1nc(CC)nc(-n2ccc(C(C)C)n2)c1C. The lowest BCUT2D eigenvalue weighted by Crippen LogP contribution is -2.11. The Bertz CT molecular complexity index is 586. The minimum Gasteiger partial charge on any atom is -0.370 e. The number of aryl methyl sites for hydroxylation is 1. The normalized spacial score (nSPS) is 11.1. The second-order valence-electron chi connectivity index (χ2n) is 5.16. The Balaban J connectivity index is 2.50. The van der Waals surface area contributed by atoms with Crippen molar-refractivity contribution in [3.8, 4) is 5.82 Å². The fourth-order valence-corrected chi connectivity index (χ4v) is 2.03. The first-order valence-corrected chi connectivity index (χ1v) is 7.24. The molecule has 0 radical (unpaired) electrons. The Kier molecular flexibility index (Phi) is 4.37. The molecule has 0 fully saturated rings. The summed E-state index contributed by atoms with van der Waals surface area (Å²) in [5.74, 6) is 3.01. The van der Waals surface area contributed by atoms with Crippen LogP contribution in [-0.4, -0.2) is 26.3 Å². The molecule has 1 N–H and O–H groups in total. The Hall–Kier alpha value is -1.91. The van der Waals surface area contributed by atoms with E-state index in [9.17, 15) is 0 Å². The van der Waals surface area contributed by atoms with Gasteiger partial charge in [0, 0.05) is 24.7 Å². The predicted octanol–water partition coefficient (Wildman–Crippen LogP) is 3.09. The smallest absolute Gasteiger partial charge is 0.162 e. The monoisotopic (exact) mass is 273 g/mol. The van der Waals surface area contributed by atoms with Gasteiger partial charge in [0.15, 0.2) is 5.82 Å². The summed E-state index contributed by atoms with van der Waals surface area (Å²) in [6, 6.07) is 2.05. The molecule has 0 unspecified atom stereocenters. The number of hydrogen-bond acceptors (Lipinski definition) is 4. The van der Waals surface area contributed by atoms with Gasteiger partial charge in [-0.15, -0.1) is 0 Å². The summed E-state index contributed by atoms with van der Waals surface area (Å²) in [5, 5.41) is 7.91. The van der Waals surface area contributed by atoms with Crippen molar-refractivity contribution in [3.63, 3.8) is 0 Å². The lowest BCUT2D eigenvalue weighted by molar-refractivity contribution is 0.745. The second kappa shape index (κ2) is 6.03. The highest BCUT2D eigenvalue weighted by Crippen LogP contribution is 2.20. The molecule has 0 saturated carbocycles. The molecule has 0 amide bonds. The van der Waals surface area contributed by atoms with Crippen LogP contribution in [0.15, 0.2) is 12.3 Å². The number of nitrogens with zero attached hydrogens (tertiary/aromatic N) is 4. The van der Waals surface area contributed by atoms with Gasteiger partial charge in [-0.05, 0) is 25.8 Å². The summed E-state index contributed by atoms with van der Waals surface area (Å²) in [6.45, 7) is 11.3. The van der Waals surface area contributed by atoms with Crippen molar-refractivity contribution in [3.05, 3.63) is 29.3 Å². The van der Waals surface area contributed by atoms with Crippen molar-refractivity contribution in [2.24, 2.45) is 0 Å². The molecular formula is C15H23N5. The van der Waals surface area contributed by atoms with Crippen molar-refractivity contribution in [2.75, 3.05) is 11.9 Å². The van der Waals surface area contributed by atoms with E-state index >= 15 is 0 Å². The molecule has 0 aliphatic rings. The van der Waals surface area contributed by atoms with Gasteiger partial charge in [0.05, 0.1) is 5.69 Å². The van der Waals surface area contributed by atoms with Gasteiger partial charge >= 0.3 is 0 Å². The van der Waals surface area contributed by atoms with E-state index in [1.165, 1.54) is 0 Å². The highest BCUT2D eigenvalue weighted by molar-refractivity contribution is 5.51. The number of anilines is 1. The van der Waals surface area contributed by atoms with Gasteiger partial charge in [-0.1, -0.05) is 20.8 Å². The molecule has 0 aromatic carbocycles. The van der Waals surface area contributed by atoms with Crippen LogP contribution in [0.25, 0.3) is 5.82 Å². The zero-order valence-electron chi connectivity index (χ0n) is 12.9. The molecule has 0 aliphatic carbocycles. The fraction of sp³-hybridized carbons (Fsp3) is 0.533. The van der Waals surface area contributed by atoms with Crippen LogP contribution < -0.4 is 5.32 Å². The zero-order chi connectivity index (χ0) is 14.7. The summed E-state index contributed by atoms with van der Waals surface area (Å²) >= 11 is 0. The Morgan fingerprint density at radius 1 is 1.25 bits per heavy atom. The van der Waals surface area contributed by atoms with Crippen LogP contribution >= 0.6 is 0 Å². The summed E-state index contributed by atoms with van der Waals surface area (Å²) in [7, 11) is 0. The highest BCUT2D eigenvalue weighted by atomic mass is 15.3. The van der Waals surface area contributed by atoms with Gasteiger partial charge in [-0.25, -0.2) is 14.6 Å². The second-order valence-corrected chi connectivity index (χ2v) is 5.16. The van der Waals surface area contributed by atoms with Crippen LogP contribution in [0.4, 0.5) is 5.82 Å². The molecule has 0 atom stereocenters. The number of rotatable bonds is 5. The summed E-state index contributed by atoms with van der Waals surface area (Å²) in [4.78, 5) is 9.17. The highest BCUT2D eigenvalue weighted by Gasteiger charge is 2.13. The van der Waals surface area contributed by atoms with E-state index in [0.29, 0.717) is 5.92 Å². The maximum atomic E-state index is 4.63. The number of nitrogens with one attached hydrogen (secondary N) is 1. The molecule has 5 nitrogen and oxygen atoms in total. The van der Waals surface area contributed by atoms with Crippen LogP contribution in [-0.2, 0) is 6.42 Å². The topological polar surface area (TPSA) is 55.6 Å². The third-order valence-electron chi connectivity index (χ3n) is 3.25. The van der Waals surface area contributed by atoms with Gasteiger partial charge in [0.2, 0.25) is 0 Å². The largest absolute Gasteiger partial charge is 0.370 e. The van der Waals surface area contributed by atoms with E-state index < -0.39 is 0 Å². The molecule has 20 heavy (non-hydrogen) atoms. The van der Waals surface area contributed by atoms with E-state index in [4.69, 9.17) is 0 Å². The summed E-state index contributed by atoms with van der Waals surface area (Å²) in [5.41, 5.74) is 2.11. The van der Waals surface area contributed by atoms with E-state index in [2.05, 4.69) is 48.1 Å². The minimum atomic E-state index is 0.414. The zero-order valence-corrected chi connectivity index (χ0v) is 12.9. The summed E-state index contributed by atoms with van der Waals surface area (Å²) < 4.78 is 1.85. The van der Waals surface area contributed by atoms with Crippen molar-refractivity contribution in [1.29, 1.82) is 0 Å². The lowest BCUT2D eigenvalue weighted by atomic mass is 10.1. The Morgan fingerprint density at radius 3 is 2.55 bits per heavy atom. The Labute approximate surface area is 120 Å². The van der Waals surface area contributed by atoms with Crippen LogP contribution in [0, 0.1) is 6.92 Å². The molecule has 0 bridgehead atoms. The molecule has 2 aromatic rings. The van der Waals surface area contributed by atoms with Crippen LogP contribution in [0.2, 0.25) is 0 Å². The van der Waals surface area contributed by atoms with Gasteiger partial charge in [-0.3, -0.25) is 0 Å². The molecule has 2 heterocycles. The predicted molar refractivity (Wildman–Crippen MR) is 81.5 cm³/mol. The van der Waals surface area contributed by atoms with Gasteiger partial charge in [0.25, 0.3) is 0 Å². The number of aromatic nitrogens is 4. The van der Waals surface area contributed by atoms with E-state index in [1.54, 1.807) is 0 Å². The molecule has 2 aromatic heterocycles. The van der Waals surface area contributed by atoms with Crippen molar-refractivity contribution < 1.29 is 0 Å². The van der Waals surface area contributed by atoms with Crippen molar-refractivity contribution >= 4 is 5.82 Å². The molecule has 108 valence electrons.